The lowest BCUT2D eigenvalue weighted by atomic mass is 10.2. The molecule has 0 radical (unpaired) electrons. The minimum absolute atomic E-state index is 0.0763. The fraction of sp³-hybridized carbons (Fsp3) is 0.143. The zero-order chi connectivity index (χ0) is 9.02. The number of nitro groups is 1. The Morgan fingerprint density at radius 2 is 2.18 bits per heavy atom. The Bertz CT molecular complexity index is 227. The van der Waals surface area contributed by atoms with E-state index in [0.29, 0.717) is 0 Å². The van der Waals surface area contributed by atoms with E-state index in [9.17, 15) is 14.5 Å². The second kappa shape index (κ2) is 3.65. The topological polar surface area (TPSA) is 43.1 Å². The number of allylic oxidation sites excluding steroid dienone is 3. The highest BCUT2D eigenvalue weighted by molar-refractivity contribution is 5.27. The van der Waals surface area contributed by atoms with Crippen molar-refractivity contribution in [2.75, 3.05) is 0 Å². The summed E-state index contributed by atoms with van der Waals surface area (Å²) < 4.78 is 12.6. The van der Waals surface area contributed by atoms with Crippen LogP contribution in [0.3, 0.4) is 0 Å². The maximum Gasteiger partial charge on any atom is 0.307 e. The van der Waals surface area contributed by atoms with E-state index in [4.69, 9.17) is 0 Å². The standard InChI is InChI=1S/C7H8FNO2/c1-4-6(8)7(5(2)3)9(10)11/h4H,1-2H2,3H3/b7-6-. The molecule has 0 atom stereocenters. The van der Waals surface area contributed by atoms with E-state index < -0.39 is 16.4 Å². The van der Waals surface area contributed by atoms with Crippen LogP contribution in [0, 0.1) is 10.1 Å². The van der Waals surface area contributed by atoms with Crippen LogP contribution in [0.15, 0.2) is 36.3 Å². The van der Waals surface area contributed by atoms with Crippen LogP contribution in [0.25, 0.3) is 0 Å². The van der Waals surface area contributed by atoms with Gasteiger partial charge in [0, 0.05) is 5.57 Å². The van der Waals surface area contributed by atoms with Gasteiger partial charge in [-0.05, 0) is 13.0 Å². The van der Waals surface area contributed by atoms with E-state index in [-0.39, 0.29) is 5.57 Å². The third-order valence-electron chi connectivity index (χ3n) is 0.992. The van der Waals surface area contributed by atoms with Gasteiger partial charge >= 0.3 is 5.70 Å². The summed E-state index contributed by atoms with van der Waals surface area (Å²) in [6.07, 6.45) is 0.785. The number of hydrogen-bond donors (Lipinski definition) is 0. The second-order valence-corrected chi connectivity index (χ2v) is 1.94. The zero-order valence-corrected chi connectivity index (χ0v) is 6.13. The molecule has 3 nitrogen and oxygen atoms in total. The Labute approximate surface area is 63.7 Å². The van der Waals surface area contributed by atoms with E-state index in [0.717, 1.165) is 6.08 Å². The Balaban J connectivity index is 5.04. The van der Waals surface area contributed by atoms with Crippen molar-refractivity contribution in [1.29, 1.82) is 0 Å². The van der Waals surface area contributed by atoms with Gasteiger partial charge in [0.1, 0.15) is 0 Å². The highest BCUT2D eigenvalue weighted by Gasteiger charge is 2.16. The molecule has 0 aromatic rings. The molecule has 0 aromatic heterocycles. The molecule has 0 bridgehead atoms. The quantitative estimate of drug-likeness (QED) is 0.358. The van der Waals surface area contributed by atoms with E-state index in [1.54, 1.807) is 0 Å². The van der Waals surface area contributed by atoms with Crippen LogP contribution < -0.4 is 0 Å². The molecule has 4 heteroatoms. The zero-order valence-electron chi connectivity index (χ0n) is 6.13. The van der Waals surface area contributed by atoms with E-state index in [1.165, 1.54) is 6.92 Å². The van der Waals surface area contributed by atoms with Crippen molar-refractivity contribution in [3.8, 4) is 0 Å². The predicted octanol–water partition coefficient (Wildman–Crippen LogP) is 2.21. The van der Waals surface area contributed by atoms with Crippen LogP contribution >= 0.6 is 0 Å². The van der Waals surface area contributed by atoms with Gasteiger partial charge in [0.2, 0.25) is 0 Å². The number of nitrogens with zero attached hydrogens (tertiary/aromatic N) is 1. The first kappa shape index (κ1) is 9.55. The summed E-state index contributed by atoms with van der Waals surface area (Å²) in [4.78, 5) is 9.32. The number of halogens is 1. The van der Waals surface area contributed by atoms with Crippen LogP contribution in [-0.4, -0.2) is 4.92 Å². The van der Waals surface area contributed by atoms with Gasteiger partial charge < -0.3 is 0 Å². The first-order valence-corrected chi connectivity index (χ1v) is 2.83. The van der Waals surface area contributed by atoms with Crippen molar-refractivity contribution in [2.45, 2.75) is 6.92 Å². The summed E-state index contributed by atoms with van der Waals surface area (Å²) in [5.41, 5.74) is -0.535. The summed E-state index contributed by atoms with van der Waals surface area (Å²) in [6, 6.07) is 0. The van der Waals surface area contributed by atoms with E-state index in [1.807, 2.05) is 0 Å². The highest BCUT2D eigenvalue weighted by atomic mass is 19.1. The van der Waals surface area contributed by atoms with Gasteiger partial charge in [0.25, 0.3) is 0 Å². The average molecular weight is 157 g/mol. The minimum Gasteiger partial charge on any atom is -0.258 e. The monoisotopic (exact) mass is 157 g/mol. The molecule has 0 spiro atoms. The molecule has 0 fully saturated rings. The molecule has 0 saturated carbocycles. The Hall–Kier alpha value is -1.45. The van der Waals surface area contributed by atoms with Crippen molar-refractivity contribution < 1.29 is 9.31 Å². The summed E-state index contributed by atoms with van der Waals surface area (Å²) in [5, 5.41) is 10.1. The Kier molecular flexibility index (Phi) is 3.17. The third-order valence-corrected chi connectivity index (χ3v) is 0.992. The third kappa shape index (κ3) is 2.33. The molecule has 0 aliphatic rings. The van der Waals surface area contributed by atoms with Crippen molar-refractivity contribution in [1.82, 2.24) is 0 Å². The summed E-state index contributed by atoms with van der Waals surface area (Å²) in [7, 11) is 0. The van der Waals surface area contributed by atoms with Gasteiger partial charge in [-0.25, -0.2) is 0 Å². The highest BCUT2D eigenvalue weighted by Crippen LogP contribution is 2.14. The minimum atomic E-state index is -0.956. The number of hydrogen-bond acceptors (Lipinski definition) is 2. The van der Waals surface area contributed by atoms with Crippen molar-refractivity contribution >= 4 is 0 Å². The molecule has 0 aromatic carbocycles. The predicted molar refractivity (Wildman–Crippen MR) is 40.1 cm³/mol. The lowest BCUT2D eigenvalue weighted by molar-refractivity contribution is -0.422. The molecule has 11 heavy (non-hydrogen) atoms. The molecule has 0 amide bonds. The summed E-state index contributed by atoms with van der Waals surface area (Å²) in [6.45, 7) is 7.69. The molecule has 0 rings (SSSR count). The lowest BCUT2D eigenvalue weighted by Gasteiger charge is -1.95. The normalized spacial score (nSPS) is 11.8. The maximum atomic E-state index is 12.6. The SMILES string of the molecule is C=C/C(F)=C(\C(=C)C)[N+](=O)[O-]. The van der Waals surface area contributed by atoms with Gasteiger partial charge in [0.15, 0.2) is 5.83 Å². The molecular weight excluding hydrogens is 149 g/mol. The van der Waals surface area contributed by atoms with Gasteiger partial charge in [-0.2, -0.15) is 4.39 Å². The summed E-state index contributed by atoms with van der Waals surface area (Å²) in [5.74, 6) is -0.956. The fourth-order valence-electron chi connectivity index (χ4n) is 0.544. The van der Waals surface area contributed by atoms with Crippen LogP contribution in [0.1, 0.15) is 6.92 Å². The first-order chi connectivity index (χ1) is 5.00. The molecule has 0 aliphatic carbocycles. The van der Waals surface area contributed by atoms with Crippen LogP contribution in [0.2, 0.25) is 0 Å². The van der Waals surface area contributed by atoms with E-state index >= 15 is 0 Å². The van der Waals surface area contributed by atoms with Crippen LogP contribution in [-0.2, 0) is 0 Å². The fourth-order valence-corrected chi connectivity index (χ4v) is 0.544. The smallest absolute Gasteiger partial charge is 0.258 e. The molecular formula is C7H8FNO2. The van der Waals surface area contributed by atoms with Crippen LogP contribution in [0.5, 0.6) is 0 Å². The van der Waals surface area contributed by atoms with Crippen molar-refractivity contribution in [3.63, 3.8) is 0 Å². The largest absolute Gasteiger partial charge is 0.307 e. The van der Waals surface area contributed by atoms with Gasteiger partial charge in [-0.15, -0.1) is 0 Å². The molecule has 0 saturated heterocycles. The van der Waals surface area contributed by atoms with Gasteiger partial charge in [-0.1, -0.05) is 13.2 Å². The van der Waals surface area contributed by atoms with Gasteiger partial charge in [0.05, 0.1) is 4.92 Å². The lowest BCUT2D eigenvalue weighted by Crippen LogP contribution is -2.01. The molecule has 0 aliphatic heterocycles. The maximum absolute atomic E-state index is 12.6. The molecule has 0 unspecified atom stereocenters. The second-order valence-electron chi connectivity index (χ2n) is 1.94. The number of rotatable bonds is 3. The van der Waals surface area contributed by atoms with E-state index in [2.05, 4.69) is 13.2 Å². The Morgan fingerprint density at radius 1 is 1.73 bits per heavy atom. The van der Waals surface area contributed by atoms with Crippen molar-refractivity contribution in [3.05, 3.63) is 46.4 Å². The van der Waals surface area contributed by atoms with Crippen LogP contribution in [0.4, 0.5) is 4.39 Å². The molecule has 0 N–H and O–H groups in total. The average Bonchev–Trinajstić information content (AvgIpc) is 1.85. The van der Waals surface area contributed by atoms with Crippen molar-refractivity contribution in [2.24, 2.45) is 0 Å². The first-order valence-electron chi connectivity index (χ1n) is 2.83. The molecule has 60 valence electrons. The molecule has 0 heterocycles. The Morgan fingerprint density at radius 3 is 2.27 bits per heavy atom. The summed E-state index contributed by atoms with van der Waals surface area (Å²) >= 11 is 0. The van der Waals surface area contributed by atoms with Gasteiger partial charge in [-0.3, -0.25) is 10.1 Å².